The van der Waals surface area contributed by atoms with Crippen LogP contribution in [0.25, 0.3) is 10.8 Å². The number of aromatic amines is 1. The van der Waals surface area contributed by atoms with Crippen molar-refractivity contribution < 1.29 is 4.42 Å². The fourth-order valence-electron chi connectivity index (χ4n) is 1.84. The van der Waals surface area contributed by atoms with Crippen LogP contribution in [0.4, 0.5) is 0 Å². The normalized spacial score (nSPS) is 11.4. The van der Waals surface area contributed by atoms with E-state index >= 15 is 0 Å². The molecule has 1 N–H and O–H groups in total. The van der Waals surface area contributed by atoms with Crippen LogP contribution < -0.4 is 0 Å². The molecule has 0 atom stereocenters. The summed E-state index contributed by atoms with van der Waals surface area (Å²) in [6.45, 7) is 9.32. The molecule has 2 rings (SSSR count). The summed E-state index contributed by atoms with van der Waals surface area (Å²) >= 11 is 6.55. The predicted octanol–water partition coefficient (Wildman–Crippen LogP) is 3.26. The Kier molecular flexibility index (Phi) is 4.84. The number of aromatic nitrogens is 3. The maximum absolute atomic E-state index is 5.39. The molecule has 0 fully saturated rings. The molecule has 0 saturated carbocycles. The lowest BCUT2D eigenvalue weighted by Gasteiger charge is -2.15. The predicted molar refractivity (Wildman–Crippen MR) is 78.8 cm³/mol. The summed E-state index contributed by atoms with van der Waals surface area (Å²) in [5, 5.41) is 7.84. The molecule has 0 radical (unpaired) electrons. The number of thiazole rings is 1. The van der Waals surface area contributed by atoms with E-state index in [4.69, 9.17) is 16.6 Å². The van der Waals surface area contributed by atoms with Crippen molar-refractivity contribution >= 4 is 23.6 Å². The second-order valence-corrected chi connectivity index (χ2v) is 5.57. The van der Waals surface area contributed by atoms with Crippen molar-refractivity contribution in [2.45, 2.75) is 33.7 Å². The van der Waals surface area contributed by atoms with Gasteiger partial charge >= 0.3 is 0 Å². The molecule has 19 heavy (non-hydrogen) atoms. The van der Waals surface area contributed by atoms with E-state index in [0.717, 1.165) is 41.6 Å². The Labute approximate surface area is 121 Å². The largest absolute Gasteiger partial charge is 0.408 e. The zero-order chi connectivity index (χ0) is 13.8. The quantitative estimate of drug-likeness (QED) is 0.830. The molecule has 0 aliphatic carbocycles. The van der Waals surface area contributed by atoms with Crippen LogP contribution in [0.3, 0.4) is 0 Å². The summed E-state index contributed by atoms with van der Waals surface area (Å²) in [5.74, 6) is 0.546. The van der Waals surface area contributed by atoms with E-state index in [1.165, 1.54) is 0 Å². The number of aryl methyl sites for hydroxylation is 1. The maximum atomic E-state index is 5.39. The summed E-state index contributed by atoms with van der Waals surface area (Å²) in [5.41, 5.74) is 1.03. The Hall–Kier alpha value is -1.05. The average Bonchev–Trinajstić information content (AvgIpc) is 3.01. The van der Waals surface area contributed by atoms with Gasteiger partial charge in [-0.1, -0.05) is 20.8 Å². The third-order valence-electron chi connectivity index (χ3n) is 2.96. The minimum absolute atomic E-state index is 0.302. The van der Waals surface area contributed by atoms with Crippen molar-refractivity contribution in [2.24, 2.45) is 0 Å². The van der Waals surface area contributed by atoms with Crippen LogP contribution in [0.1, 0.15) is 31.5 Å². The van der Waals surface area contributed by atoms with Gasteiger partial charge in [0.25, 0.3) is 10.7 Å². The first-order valence-corrected chi connectivity index (χ1v) is 7.67. The zero-order valence-electron chi connectivity index (χ0n) is 11.4. The Morgan fingerprint density at radius 1 is 1.32 bits per heavy atom. The lowest BCUT2D eigenvalue weighted by atomic mass is 10.3. The summed E-state index contributed by atoms with van der Waals surface area (Å²) in [7, 11) is 0. The van der Waals surface area contributed by atoms with Gasteiger partial charge in [-0.15, -0.1) is 16.4 Å². The fourth-order valence-corrected chi connectivity index (χ4v) is 3.09. The van der Waals surface area contributed by atoms with E-state index in [1.54, 1.807) is 11.3 Å². The molecule has 7 heteroatoms. The first-order chi connectivity index (χ1) is 9.17. The number of rotatable bonds is 6. The summed E-state index contributed by atoms with van der Waals surface area (Å²) in [4.78, 5) is 8.30. The molecule has 104 valence electrons. The maximum Gasteiger partial charge on any atom is 0.284 e. The second-order valence-electron chi connectivity index (χ2n) is 4.12. The molecule has 2 aromatic rings. The van der Waals surface area contributed by atoms with Gasteiger partial charge in [0, 0.05) is 0 Å². The summed E-state index contributed by atoms with van der Waals surface area (Å²) < 4.78 is 5.39. The van der Waals surface area contributed by atoms with Crippen LogP contribution >= 0.6 is 23.6 Å². The standard InChI is InChI=1S/C12H18N4OS2/c1-4-8-10(11-14-15-12(18)17-11)19-9(13-8)7-16(5-2)6-3/h4-7H2,1-3H3,(H,15,18). The van der Waals surface area contributed by atoms with Gasteiger partial charge in [-0.25, -0.2) is 10.1 Å². The average molecular weight is 298 g/mol. The van der Waals surface area contributed by atoms with Gasteiger partial charge in [0.15, 0.2) is 0 Å². The van der Waals surface area contributed by atoms with Crippen LogP contribution in [-0.4, -0.2) is 33.2 Å². The summed E-state index contributed by atoms with van der Waals surface area (Å²) in [6.07, 6.45) is 0.860. The van der Waals surface area contributed by atoms with Gasteiger partial charge < -0.3 is 4.42 Å². The third kappa shape index (κ3) is 3.29. The molecule has 0 aliphatic heterocycles. The van der Waals surface area contributed by atoms with Crippen LogP contribution in [0.15, 0.2) is 4.42 Å². The Balaban J connectivity index is 2.29. The molecule has 0 bridgehead atoms. The number of hydrogen-bond acceptors (Lipinski definition) is 6. The van der Waals surface area contributed by atoms with Gasteiger partial charge in [0.2, 0.25) is 0 Å². The Bertz CT molecular complexity index is 583. The lowest BCUT2D eigenvalue weighted by molar-refractivity contribution is 0.295. The molecule has 0 saturated heterocycles. The van der Waals surface area contributed by atoms with Crippen molar-refractivity contribution in [3.8, 4) is 10.8 Å². The van der Waals surface area contributed by atoms with E-state index in [-0.39, 0.29) is 0 Å². The summed E-state index contributed by atoms with van der Waals surface area (Å²) in [6, 6.07) is 0. The second kappa shape index (κ2) is 6.40. The fraction of sp³-hybridized carbons (Fsp3) is 0.583. The topological polar surface area (TPSA) is 58.0 Å². The van der Waals surface area contributed by atoms with Crippen LogP contribution in [0.2, 0.25) is 0 Å². The van der Waals surface area contributed by atoms with Crippen molar-refractivity contribution in [2.75, 3.05) is 13.1 Å². The monoisotopic (exact) mass is 298 g/mol. The van der Waals surface area contributed by atoms with Crippen LogP contribution in [-0.2, 0) is 13.0 Å². The van der Waals surface area contributed by atoms with Gasteiger partial charge in [0.05, 0.1) is 12.2 Å². The van der Waals surface area contributed by atoms with E-state index in [0.29, 0.717) is 10.7 Å². The number of H-pyrrole nitrogens is 1. The van der Waals surface area contributed by atoms with Crippen molar-refractivity contribution in [1.82, 2.24) is 20.1 Å². The molecule has 0 unspecified atom stereocenters. The number of nitrogens with one attached hydrogen (secondary N) is 1. The van der Waals surface area contributed by atoms with Crippen LogP contribution in [0, 0.1) is 4.84 Å². The molecule has 5 nitrogen and oxygen atoms in total. The lowest BCUT2D eigenvalue weighted by Crippen LogP contribution is -2.21. The van der Waals surface area contributed by atoms with Gasteiger partial charge in [-0.05, 0) is 31.7 Å². The molecule has 0 aliphatic rings. The molecule has 0 amide bonds. The highest BCUT2D eigenvalue weighted by molar-refractivity contribution is 7.71. The molecule has 2 heterocycles. The molecule has 0 spiro atoms. The number of nitrogens with zero attached hydrogens (tertiary/aromatic N) is 3. The van der Waals surface area contributed by atoms with E-state index in [9.17, 15) is 0 Å². The van der Waals surface area contributed by atoms with E-state index < -0.39 is 0 Å². The first kappa shape index (κ1) is 14.4. The molecule has 0 aromatic carbocycles. The SMILES string of the molecule is CCc1nc(CN(CC)CC)sc1-c1n[nH]c(=S)o1. The van der Waals surface area contributed by atoms with Crippen molar-refractivity contribution in [3.63, 3.8) is 0 Å². The van der Waals surface area contributed by atoms with Crippen LogP contribution in [0.5, 0.6) is 0 Å². The number of hydrogen-bond donors (Lipinski definition) is 1. The van der Waals surface area contributed by atoms with Crippen molar-refractivity contribution in [1.29, 1.82) is 0 Å². The Morgan fingerprint density at radius 3 is 2.58 bits per heavy atom. The smallest absolute Gasteiger partial charge is 0.284 e. The van der Waals surface area contributed by atoms with Crippen molar-refractivity contribution in [3.05, 3.63) is 15.5 Å². The zero-order valence-corrected chi connectivity index (χ0v) is 13.0. The van der Waals surface area contributed by atoms with Gasteiger partial charge in [-0.3, -0.25) is 4.90 Å². The molecule has 2 aromatic heterocycles. The highest BCUT2D eigenvalue weighted by Crippen LogP contribution is 2.30. The van der Waals surface area contributed by atoms with Gasteiger partial charge in [0.1, 0.15) is 9.88 Å². The van der Waals surface area contributed by atoms with E-state index in [1.807, 2.05) is 0 Å². The molecular formula is C12H18N4OS2. The van der Waals surface area contributed by atoms with Gasteiger partial charge in [-0.2, -0.15) is 0 Å². The first-order valence-electron chi connectivity index (χ1n) is 6.44. The highest BCUT2D eigenvalue weighted by atomic mass is 32.1. The Morgan fingerprint density at radius 2 is 2.05 bits per heavy atom. The minimum atomic E-state index is 0.302. The highest BCUT2D eigenvalue weighted by Gasteiger charge is 2.17. The molecular weight excluding hydrogens is 280 g/mol. The third-order valence-corrected chi connectivity index (χ3v) is 4.21. The van der Waals surface area contributed by atoms with E-state index in [2.05, 4.69) is 40.9 Å². The minimum Gasteiger partial charge on any atom is -0.408 e.